The molecule has 0 aromatic heterocycles. The zero-order valence-corrected chi connectivity index (χ0v) is 23.4. The maximum atomic E-state index is 5.24. The molecule has 0 amide bonds. The van der Waals surface area contributed by atoms with Gasteiger partial charge in [0.05, 0.1) is 24.5 Å². The molecule has 0 saturated carbocycles. The number of hydrazone groups is 2. The minimum Gasteiger partial charge on any atom is -0.320 e. The van der Waals surface area contributed by atoms with Crippen molar-refractivity contribution >= 4 is 27.9 Å². The van der Waals surface area contributed by atoms with Crippen LogP contribution < -0.4 is 0 Å². The van der Waals surface area contributed by atoms with E-state index in [1.54, 1.807) is 0 Å². The monoisotopic (exact) mass is 466 g/mol. The smallest absolute Gasteiger partial charge is 0.169 e. The van der Waals surface area contributed by atoms with Gasteiger partial charge in [-0.2, -0.15) is 10.2 Å². The van der Waals surface area contributed by atoms with E-state index in [1.807, 2.05) is 0 Å². The largest absolute Gasteiger partial charge is 0.320 e. The minimum atomic E-state index is -1.66. The number of hydrogen-bond donors (Lipinski definition) is 0. The van der Waals surface area contributed by atoms with E-state index in [0.717, 1.165) is 37.4 Å². The van der Waals surface area contributed by atoms with E-state index < -0.39 is 16.5 Å². The van der Waals surface area contributed by atoms with Crippen LogP contribution in [0.5, 0.6) is 0 Å². The molecule has 2 rings (SSSR count). The van der Waals surface area contributed by atoms with Gasteiger partial charge in [-0.3, -0.25) is 0 Å². The lowest BCUT2D eigenvalue weighted by molar-refractivity contribution is 0.438. The van der Waals surface area contributed by atoms with Gasteiger partial charge in [-0.15, -0.1) is 0 Å². The topological polar surface area (TPSA) is 31.2 Å². The molecular formula is C26H42N4Si2. The predicted octanol–water partition coefficient (Wildman–Crippen LogP) is 7.19. The van der Waals surface area contributed by atoms with E-state index in [-0.39, 0.29) is 0 Å². The first-order chi connectivity index (χ1) is 15.0. The van der Waals surface area contributed by atoms with Crippen LogP contribution >= 0.6 is 0 Å². The van der Waals surface area contributed by atoms with Crippen molar-refractivity contribution in [1.82, 2.24) is 9.35 Å². The molecule has 0 bridgehead atoms. The molecule has 0 N–H and O–H groups in total. The van der Waals surface area contributed by atoms with E-state index in [1.165, 1.54) is 11.1 Å². The number of nitrogens with zero attached hydrogens (tertiary/aromatic N) is 4. The lowest BCUT2D eigenvalue weighted by Crippen LogP contribution is -2.44. The van der Waals surface area contributed by atoms with Gasteiger partial charge in [0.15, 0.2) is 16.5 Å². The van der Waals surface area contributed by atoms with Crippen molar-refractivity contribution in [1.29, 1.82) is 0 Å². The minimum absolute atomic E-state index is 0.842. The maximum absolute atomic E-state index is 5.24. The fraction of sp³-hybridized carbons (Fsp3) is 0.462. The molecule has 0 unspecified atom stereocenters. The highest BCUT2D eigenvalue weighted by Crippen LogP contribution is 2.18. The Balaban J connectivity index is 2.38. The van der Waals surface area contributed by atoms with Crippen LogP contribution in [0.15, 0.2) is 70.9 Å². The standard InChI is InChI=1S/C26H42N4Si2/c1-9-16-26(28-30(32(6,7)8)22-25-19-14-11-15-20-25)23(2)27-29(31(3,4)5)21-24-17-12-10-13-18-24/h10-15,17-20H,9,16,21-22H2,1-8H3. The molecule has 0 radical (unpaired) electrons. The molecule has 4 nitrogen and oxygen atoms in total. The maximum Gasteiger partial charge on any atom is 0.169 e. The molecule has 0 fully saturated rings. The highest BCUT2D eigenvalue weighted by atomic mass is 28.3. The average Bonchev–Trinajstić information content (AvgIpc) is 2.72. The first kappa shape index (κ1) is 26.1. The summed E-state index contributed by atoms with van der Waals surface area (Å²) in [5, 5.41) is 10.4. The third kappa shape index (κ3) is 8.39. The summed E-state index contributed by atoms with van der Waals surface area (Å²) in [5.74, 6) is 0. The molecule has 0 aliphatic carbocycles. The van der Waals surface area contributed by atoms with Crippen molar-refractivity contribution in [2.24, 2.45) is 10.2 Å². The second-order valence-electron chi connectivity index (χ2n) is 10.4. The molecule has 32 heavy (non-hydrogen) atoms. The third-order valence-corrected chi connectivity index (χ3v) is 8.93. The van der Waals surface area contributed by atoms with Gasteiger partial charge in [-0.05, 0) is 24.5 Å². The summed E-state index contributed by atoms with van der Waals surface area (Å²) >= 11 is 0. The van der Waals surface area contributed by atoms with Gasteiger partial charge in [-0.25, -0.2) is 0 Å². The van der Waals surface area contributed by atoms with Crippen molar-refractivity contribution < 1.29 is 0 Å². The van der Waals surface area contributed by atoms with Gasteiger partial charge in [0.1, 0.15) is 0 Å². The highest BCUT2D eigenvalue weighted by Gasteiger charge is 2.26. The van der Waals surface area contributed by atoms with Gasteiger partial charge < -0.3 is 9.35 Å². The lowest BCUT2D eigenvalue weighted by Gasteiger charge is -2.34. The highest BCUT2D eigenvalue weighted by molar-refractivity contribution is 6.73. The molecule has 0 heterocycles. The molecule has 2 aromatic rings. The van der Waals surface area contributed by atoms with E-state index >= 15 is 0 Å². The van der Waals surface area contributed by atoms with Crippen molar-refractivity contribution in [3.63, 3.8) is 0 Å². The Morgan fingerprint density at radius 3 is 1.47 bits per heavy atom. The van der Waals surface area contributed by atoms with Crippen LogP contribution in [0, 0.1) is 0 Å². The summed E-state index contributed by atoms with van der Waals surface area (Å²) in [7, 11) is -3.31. The summed E-state index contributed by atoms with van der Waals surface area (Å²) in [5.41, 5.74) is 4.76. The first-order valence-electron chi connectivity index (χ1n) is 11.8. The fourth-order valence-electron chi connectivity index (χ4n) is 3.28. The van der Waals surface area contributed by atoms with E-state index in [2.05, 4.69) is 123 Å². The molecule has 6 heteroatoms. The van der Waals surface area contributed by atoms with Crippen LogP contribution in [-0.4, -0.2) is 37.2 Å². The molecular weight excluding hydrogens is 424 g/mol. The first-order valence-corrected chi connectivity index (χ1v) is 18.7. The fourth-order valence-corrected chi connectivity index (χ4v) is 5.47. The summed E-state index contributed by atoms with van der Waals surface area (Å²) in [6.45, 7) is 20.2. The Morgan fingerprint density at radius 2 is 1.09 bits per heavy atom. The normalized spacial score (nSPS) is 13.2. The molecule has 0 saturated heterocycles. The van der Waals surface area contributed by atoms with Crippen molar-refractivity contribution in [3.05, 3.63) is 71.8 Å². The third-order valence-electron chi connectivity index (χ3n) is 5.32. The molecule has 174 valence electrons. The van der Waals surface area contributed by atoms with Gasteiger partial charge in [0.25, 0.3) is 0 Å². The van der Waals surface area contributed by atoms with Gasteiger partial charge in [0, 0.05) is 0 Å². The van der Waals surface area contributed by atoms with Gasteiger partial charge in [0.2, 0.25) is 0 Å². The van der Waals surface area contributed by atoms with Crippen LogP contribution in [0.4, 0.5) is 0 Å². The van der Waals surface area contributed by atoms with Crippen molar-refractivity contribution in [2.75, 3.05) is 0 Å². The molecule has 0 aliphatic rings. The van der Waals surface area contributed by atoms with Crippen molar-refractivity contribution in [2.45, 2.75) is 79.1 Å². The Hall–Kier alpha value is -2.19. The Labute approximate surface area is 198 Å². The van der Waals surface area contributed by atoms with Crippen LogP contribution in [-0.2, 0) is 13.1 Å². The molecule has 0 spiro atoms. The quantitative estimate of drug-likeness (QED) is 0.199. The molecule has 0 atom stereocenters. The SMILES string of the molecule is CCCC(=NN(Cc1ccccc1)[Si](C)(C)C)C(C)=NN(Cc1ccccc1)[Si](C)(C)C. The summed E-state index contributed by atoms with van der Waals surface area (Å²) in [4.78, 5) is 0. The zero-order valence-electron chi connectivity index (χ0n) is 21.4. The molecule has 0 aliphatic heterocycles. The van der Waals surface area contributed by atoms with Crippen LogP contribution in [0.3, 0.4) is 0 Å². The van der Waals surface area contributed by atoms with Crippen molar-refractivity contribution in [3.8, 4) is 0 Å². The number of rotatable bonds is 11. The second kappa shape index (κ2) is 11.6. The Kier molecular flexibility index (Phi) is 9.46. The number of benzene rings is 2. The van der Waals surface area contributed by atoms with Crippen LogP contribution in [0.25, 0.3) is 0 Å². The Morgan fingerprint density at radius 1 is 0.688 bits per heavy atom. The summed E-state index contributed by atoms with van der Waals surface area (Å²) in [6, 6.07) is 21.3. The van der Waals surface area contributed by atoms with Gasteiger partial charge >= 0.3 is 0 Å². The van der Waals surface area contributed by atoms with Crippen LogP contribution in [0.1, 0.15) is 37.8 Å². The van der Waals surface area contributed by atoms with E-state index in [4.69, 9.17) is 10.2 Å². The summed E-state index contributed by atoms with van der Waals surface area (Å²) < 4.78 is 4.68. The van der Waals surface area contributed by atoms with E-state index in [9.17, 15) is 0 Å². The Bertz CT molecular complexity index is 882. The van der Waals surface area contributed by atoms with Crippen LogP contribution in [0.2, 0.25) is 39.3 Å². The lowest BCUT2D eigenvalue weighted by atomic mass is 10.1. The predicted molar refractivity (Wildman–Crippen MR) is 146 cm³/mol. The van der Waals surface area contributed by atoms with Gasteiger partial charge in [-0.1, -0.05) is 113 Å². The number of hydrogen-bond acceptors (Lipinski definition) is 4. The van der Waals surface area contributed by atoms with E-state index in [0.29, 0.717) is 0 Å². The molecule has 2 aromatic carbocycles. The second-order valence-corrected chi connectivity index (χ2v) is 20.1. The summed E-state index contributed by atoms with van der Waals surface area (Å²) in [6.07, 6.45) is 2.00. The zero-order chi connectivity index (χ0) is 23.8. The average molecular weight is 467 g/mol.